The van der Waals surface area contributed by atoms with Gasteiger partial charge >= 0.3 is 0 Å². The summed E-state index contributed by atoms with van der Waals surface area (Å²) in [5, 5.41) is 3.42. The molecule has 0 spiro atoms. The van der Waals surface area contributed by atoms with E-state index in [0.717, 1.165) is 17.3 Å². The lowest BCUT2D eigenvalue weighted by molar-refractivity contribution is 0.947. The second-order valence-electron chi connectivity index (χ2n) is 4.89. The van der Waals surface area contributed by atoms with Crippen molar-refractivity contribution >= 4 is 53.8 Å². The van der Waals surface area contributed by atoms with E-state index in [9.17, 15) is 0 Å². The second kappa shape index (κ2) is 6.68. The summed E-state index contributed by atoms with van der Waals surface area (Å²) in [4.78, 5) is 8.23. The van der Waals surface area contributed by atoms with Crippen molar-refractivity contribution in [1.82, 2.24) is 9.97 Å². The van der Waals surface area contributed by atoms with E-state index in [4.69, 9.17) is 24.4 Å². The van der Waals surface area contributed by atoms with Gasteiger partial charge in [0.15, 0.2) is 4.77 Å². The molecule has 1 aromatic heterocycles. The van der Waals surface area contributed by atoms with Gasteiger partial charge in [-0.25, -0.2) is 0 Å². The molecule has 114 valence electrons. The van der Waals surface area contributed by atoms with Crippen LogP contribution in [0, 0.1) is 9.41 Å². The van der Waals surface area contributed by atoms with E-state index in [-0.39, 0.29) is 5.50 Å². The topological polar surface area (TPSA) is 46.9 Å². The summed E-state index contributed by atoms with van der Waals surface area (Å²) in [6.45, 7) is 0. The molecule has 0 saturated heterocycles. The number of fused-ring (bicyclic) bond motifs is 1. The van der Waals surface area contributed by atoms with E-state index in [0.29, 0.717) is 9.41 Å². The van der Waals surface area contributed by atoms with Crippen LogP contribution in [0.25, 0.3) is 6.08 Å². The second-order valence-corrected chi connectivity index (χ2v) is 6.82. The highest BCUT2D eigenvalue weighted by Gasteiger charge is 2.27. The highest BCUT2D eigenvalue weighted by atomic mass is 32.2. The van der Waals surface area contributed by atoms with Gasteiger partial charge in [-0.3, -0.25) is 0 Å². The number of nitrogens with one attached hydrogen (secondary N) is 3. The minimum atomic E-state index is 0.138. The maximum Gasteiger partial charge on any atom is 0.177 e. The Labute approximate surface area is 143 Å². The highest BCUT2D eigenvalue weighted by molar-refractivity contribution is 8.00. The number of H-pyrrole nitrogens is 2. The van der Waals surface area contributed by atoms with Crippen molar-refractivity contribution in [2.45, 2.75) is 5.50 Å². The molecule has 22 heavy (non-hydrogen) atoms. The Bertz CT molecular complexity index is 794. The maximum absolute atomic E-state index is 5.32. The lowest BCUT2D eigenvalue weighted by Gasteiger charge is -2.20. The maximum atomic E-state index is 5.32. The van der Waals surface area contributed by atoms with E-state index < -0.39 is 0 Å². The van der Waals surface area contributed by atoms with Crippen molar-refractivity contribution in [3.63, 3.8) is 0 Å². The van der Waals surface area contributed by atoms with Gasteiger partial charge in [0.2, 0.25) is 0 Å². The van der Waals surface area contributed by atoms with E-state index in [1.807, 2.05) is 25.2 Å². The van der Waals surface area contributed by atoms with Crippen molar-refractivity contribution in [2.24, 2.45) is 0 Å². The van der Waals surface area contributed by atoms with Gasteiger partial charge in [-0.15, -0.1) is 11.8 Å². The molecule has 1 unspecified atom stereocenters. The fourth-order valence-electron chi connectivity index (χ4n) is 2.26. The Kier molecular flexibility index (Phi) is 4.66. The fraction of sp³-hybridized carbons (Fsp3) is 0.200. The summed E-state index contributed by atoms with van der Waals surface area (Å²) in [6, 6.07) is 10.3. The molecule has 1 aromatic carbocycles. The van der Waals surface area contributed by atoms with Crippen molar-refractivity contribution in [3.05, 3.63) is 51.4 Å². The normalized spacial score (nSPS) is 16.8. The molecule has 0 saturated carbocycles. The Hall–Kier alpha value is -1.57. The molecule has 4 nitrogen and oxygen atoms in total. The molecule has 7 heteroatoms. The number of anilines is 2. The molecule has 0 aliphatic carbocycles. The van der Waals surface area contributed by atoms with Crippen LogP contribution < -0.4 is 10.2 Å². The number of thioether (sulfide) groups is 1. The average molecular weight is 349 g/mol. The molecule has 1 atom stereocenters. The van der Waals surface area contributed by atoms with Crippen LogP contribution in [0.3, 0.4) is 0 Å². The lowest BCUT2D eigenvalue weighted by Crippen LogP contribution is -2.29. The van der Waals surface area contributed by atoms with Gasteiger partial charge in [0.25, 0.3) is 0 Å². The lowest BCUT2D eigenvalue weighted by atomic mass is 10.2. The zero-order chi connectivity index (χ0) is 15.5. The number of hydrogen-bond acceptors (Lipinski definition) is 5. The molecule has 2 aromatic rings. The molecule has 0 bridgehead atoms. The van der Waals surface area contributed by atoms with Gasteiger partial charge in [0.1, 0.15) is 21.6 Å². The zero-order valence-electron chi connectivity index (χ0n) is 12.0. The summed E-state index contributed by atoms with van der Waals surface area (Å²) in [6.07, 6.45) is 4.30. The predicted octanol–water partition coefficient (Wildman–Crippen LogP) is 4.39. The molecule has 0 amide bonds. The van der Waals surface area contributed by atoms with Crippen molar-refractivity contribution in [2.75, 3.05) is 23.0 Å². The van der Waals surface area contributed by atoms with E-state index in [1.165, 1.54) is 5.56 Å². The first kappa shape index (κ1) is 15.3. The van der Waals surface area contributed by atoms with Crippen LogP contribution in [0.5, 0.6) is 0 Å². The molecule has 1 aliphatic rings. The Balaban J connectivity index is 1.64. The fourth-order valence-corrected chi connectivity index (χ4v) is 3.70. The van der Waals surface area contributed by atoms with E-state index in [1.54, 1.807) is 11.8 Å². The molecular weight excluding hydrogens is 332 g/mol. The van der Waals surface area contributed by atoms with Gasteiger partial charge in [-0.2, -0.15) is 0 Å². The zero-order valence-corrected chi connectivity index (χ0v) is 14.4. The minimum Gasteiger partial charge on any atom is -0.351 e. The largest absolute Gasteiger partial charge is 0.351 e. The Morgan fingerprint density at radius 2 is 2.00 bits per heavy atom. The number of nitrogens with zero attached hydrogens (tertiary/aromatic N) is 1. The van der Waals surface area contributed by atoms with Gasteiger partial charge in [0.05, 0.1) is 0 Å². The highest BCUT2D eigenvalue weighted by Crippen LogP contribution is 2.35. The van der Waals surface area contributed by atoms with Crippen LogP contribution in [-0.4, -0.2) is 28.3 Å². The molecule has 1 aliphatic heterocycles. The van der Waals surface area contributed by atoms with Crippen LogP contribution in [0.15, 0.2) is 36.4 Å². The van der Waals surface area contributed by atoms with Gasteiger partial charge in [-0.05, 0) is 17.8 Å². The number of rotatable bonds is 4. The SMILES string of the molecule is CN1c2[nH]c(=S)[nH]c(=S)c2NC1SC/C=C/c1ccccc1. The van der Waals surface area contributed by atoms with Crippen LogP contribution in [0.1, 0.15) is 5.56 Å². The molecule has 2 heterocycles. The molecule has 0 fully saturated rings. The van der Waals surface area contributed by atoms with Crippen LogP contribution in [-0.2, 0) is 0 Å². The third-order valence-corrected chi connectivity index (χ3v) is 5.00. The van der Waals surface area contributed by atoms with Crippen molar-refractivity contribution in [1.29, 1.82) is 0 Å². The van der Waals surface area contributed by atoms with Crippen LogP contribution in [0.2, 0.25) is 0 Å². The van der Waals surface area contributed by atoms with Gasteiger partial charge in [-0.1, -0.05) is 54.7 Å². The summed E-state index contributed by atoms with van der Waals surface area (Å²) in [5.74, 6) is 1.85. The number of aromatic nitrogens is 2. The summed E-state index contributed by atoms with van der Waals surface area (Å²) >= 11 is 12.3. The Morgan fingerprint density at radius 1 is 1.23 bits per heavy atom. The smallest absolute Gasteiger partial charge is 0.177 e. The number of hydrogen-bond donors (Lipinski definition) is 3. The van der Waals surface area contributed by atoms with E-state index >= 15 is 0 Å². The first-order chi connectivity index (χ1) is 10.6. The van der Waals surface area contributed by atoms with E-state index in [2.05, 4.69) is 44.5 Å². The molecule has 3 rings (SSSR count). The van der Waals surface area contributed by atoms with Crippen LogP contribution >= 0.6 is 36.2 Å². The average Bonchev–Trinajstić information content (AvgIpc) is 2.82. The van der Waals surface area contributed by atoms with Gasteiger partial charge in [0, 0.05) is 12.8 Å². The predicted molar refractivity (Wildman–Crippen MR) is 101 cm³/mol. The summed E-state index contributed by atoms with van der Waals surface area (Å²) in [5.41, 5.74) is 2.26. The minimum absolute atomic E-state index is 0.138. The van der Waals surface area contributed by atoms with Crippen molar-refractivity contribution in [3.8, 4) is 0 Å². The third-order valence-electron chi connectivity index (χ3n) is 3.36. The first-order valence-corrected chi connectivity index (χ1v) is 8.71. The Morgan fingerprint density at radius 3 is 2.77 bits per heavy atom. The van der Waals surface area contributed by atoms with Crippen LogP contribution in [0.4, 0.5) is 11.5 Å². The number of aromatic amines is 2. The standard InChI is InChI=1S/C15H16N4S3/c1-19-12-11(13(20)18-14(21)17-12)16-15(19)22-9-5-8-10-6-3-2-4-7-10/h2-8,15-16H,9H2,1H3,(H2,17,18,20,21)/b8-5+. The summed E-state index contributed by atoms with van der Waals surface area (Å²) < 4.78 is 1.19. The first-order valence-electron chi connectivity index (χ1n) is 6.84. The molecular formula is C15H16N4S3. The summed E-state index contributed by atoms with van der Waals surface area (Å²) in [7, 11) is 2.03. The number of benzene rings is 1. The van der Waals surface area contributed by atoms with Gasteiger partial charge < -0.3 is 20.2 Å². The third kappa shape index (κ3) is 3.26. The van der Waals surface area contributed by atoms with Crippen molar-refractivity contribution < 1.29 is 0 Å². The quantitative estimate of drug-likeness (QED) is 0.715. The molecule has 0 radical (unpaired) electrons. The molecule has 3 N–H and O–H groups in total. The monoisotopic (exact) mass is 348 g/mol.